The Kier molecular flexibility index (Phi) is 5.53. The quantitative estimate of drug-likeness (QED) is 0.435. The topological polar surface area (TPSA) is 78.9 Å². The number of hydrogen-bond acceptors (Lipinski definition) is 6. The second-order valence-corrected chi connectivity index (χ2v) is 7.47. The molecule has 6 nitrogen and oxygen atoms in total. The Balaban J connectivity index is 2.02. The van der Waals surface area contributed by atoms with Crippen LogP contribution < -0.4 is 9.47 Å². The van der Waals surface area contributed by atoms with Gasteiger partial charge in [-0.2, -0.15) is 0 Å². The van der Waals surface area contributed by atoms with Crippen LogP contribution in [0.4, 0.5) is 0 Å². The number of ether oxygens (including phenoxy) is 3. The first-order valence-electron chi connectivity index (χ1n) is 10.0. The predicted octanol–water partition coefficient (Wildman–Crippen LogP) is 3.98. The van der Waals surface area contributed by atoms with E-state index in [9.17, 15) is 14.4 Å². The summed E-state index contributed by atoms with van der Waals surface area (Å²) in [5, 5.41) is 0. The number of ketones is 2. The molecule has 162 valence electrons. The Morgan fingerprint density at radius 3 is 1.62 bits per heavy atom. The average molecular weight is 430 g/mol. The van der Waals surface area contributed by atoms with E-state index in [2.05, 4.69) is 0 Å². The van der Waals surface area contributed by atoms with E-state index in [1.54, 1.807) is 72.8 Å². The number of benzene rings is 3. The van der Waals surface area contributed by atoms with Gasteiger partial charge in [0, 0.05) is 11.1 Å². The van der Waals surface area contributed by atoms with Crippen LogP contribution in [0.25, 0.3) is 0 Å². The second-order valence-electron chi connectivity index (χ2n) is 7.47. The van der Waals surface area contributed by atoms with Gasteiger partial charge in [0.1, 0.15) is 22.8 Å². The lowest BCUT2D eigenvalue weighted by Gasteiger charge is -2.34. The lowest BCUT2D eigenvalue weighted by molar-refractivity contribution is -0.143. The summed E-state index contributed by atoms with van der Waals surface area (Å²) in [6, 6.07) is 20.0. The summed E-state index contributed by atoms with van der Waals surface area (Å²) in [5.41, 5.74) is -0.359. The van der Waals surface area contributed by atoms with Crippen molar-refractivity contribution < 1.29 is 28.6 Å². The normalized spacial score (nSPS) is 15.1. The van der Waals surface area contributed by atoms with Crippen molar-refractivity contribution in [2.75, 3.05) is 21.3 Å². The number of methoxy groups -OCH3 is 3. The fourth-order valence-corrected chi connectivity index (χ4v) is 4.43. The first-order chi connectivity index (χ1) is 15.5. The van der Waals surface area contributed by atoms with Crippen molar-refractivity contribution in [3.05, 3.63) is 95.1 Å². The Bertz CT molecular complexity index is 1140. The first-order valence-corrected chi connectivity index (χ1v) is 10.0. The highest BCUT2D eigenvalue weighted by Crippen LogP contribution is 2.50. The molecule has 0 N–H and O–H groups in total. The summed E-state index contributed by atoms with van der Waals surface area (Å²) >= 11 is 0. The molecular weight excluding hydrogens is 408 g/mol. The van der Waals surface area contributed by atoms with Gasteiger partial charge in [0.2, 0.25) is 0 Å². The Hall–Kier alpha value is -3.93. The lowest BCUT2D eigenvalue weighted by Crippen LogP contribution is -2.47. The van der Waals surface area contributed by atoms with Crippen molar-refractivity contribution in [1.82, 2.24) is 0 Å². The van der Waals surface area contributed by atoms with Gasteiger partial charge in [-0.3, -0.25) is 14.4 Å². The van der Waals surface area contributed by atoms with E-state index in [0.29, 0.717) is 22.6 Å². The minimum absolute atomic E-state index is 0.288. The van der Waals surface area contributed by atoms with Crippen LogP contribution in [0.1, 0.15) is 37.8 Å². The number of carbonyl (C=O) groups excluding carboxylic acids is 3. The van der Waals surface area contributed by atoms with Crippen LogP contribution in [0.2, 0.25) is 0 Å². The standard InChI is InChI=1S/C26H22O6/c1-30-18-12-8-16(9-13-18)22(25(29)32-3)26(17-10-14-19(31-2)15-11-17)23(27)20-6-4-5-7-21(20)24(26)28/h4-15,22H,1-3H3. The van der Waals surface area contributed by atoms with E-state index in [1.807, 2.05) is 0 Å². The number of Topliss-reactive ketones (excluding diaryl/α,β-unsaturated/α-hetero) is 2. The zero-order chi connectivity index (χ0) is 22.9. The van der Waals surface area contributed by atoms with Gasteiger partial charge in [-0.05, 0) is 35.4 Å². The fraction of sp³-hybridized carbons (Fsp3) is 0.192. The molecule has 0 aromatic heterocycles. The maximum atomic E-state index is 14.0. The van der Waals surface area contributed by atoms with Crippen molar-refractivity contribution in [1.29, 1.82) is 0 Å². The van der Waals surface area contributed by atoms with Gasteiger partial charge in [0.05, 0.1) is 21.3 Å². The molecule has 1 aliphatic rings. The fourth-order valence-electron chi connectivity index (χ4n) is 4.43. The van der Waals surface area contributed by atoms with Crippen molar-refractivity contribution in [3.63, 3.8) is 0 Å². The van der Waals surface area contributed by atoms with E-state index < -0.39 is 28.9 Å². The van der Waals surface area contributed by atoms with E-state index in [-0.39, 0.29) is 11.1 Å². The first kappa shape index (κ1) is 21.3. The van der Waals surface area contributed by atoms with Gasteiger partial charge in [-0.1, -0.05) is 48.5 Å². The van der Waals surface area contributed by atoms with E-state index in [4.69, 9.17) is 14.2 Å². The van der Waals surface area contributed by atoms with Crippen LogP contribution in [0.3, 0.4) is 0 Å². The molecule has 4 rings (SSSR count). The smallest absolute Gasteiger partial charge is 0.315 e. The number of rotatable bonds is 6. The van der Waals surface area contributed by atoms with Gasteiger partial charge < -0.3 is 14.2 Å². The average Bonchev–Trinajstić information content (AvgIpc) is 3.07. The molecule has 0 amide bonds. The van der Waals surface area contributed by atoms with Crippen molar-refractivity contribution in [3.8, 4) is 11.5 Å². The lowest BCUT2D eigenvalue weighted by atomic mass is 9.64. The number of esters is 1. The molecule has 1 aliphatic carbocycles. The molecule has 0 saturated heterocycles. The van der Waals surface area contributed by atoms with Gasteiger partial charge in [-0.25, -0.2) is 0 Å². The van der Waals surface area contributed by atoms with E-state index in [0.717, 1.165) is 0 Å². The Labute approximate surface area is 185 Å². The Morgan fingerprint density at radius 1 is 0.719 bits per heavy atom. The van der Waals surface area contributed by atoms with E-state index >= 15 is 0 Å². The van der Waals surface area contributed by atoms with Crippen molar-refractivity contribution in [2.24, 2.45) is 0 Å². The third-order valence-corrected chi connectivity index (χ3v) is 6.00. The third-order valence-electron chi connectivity index (χ3n) is 6.00. The molecule has 3 aromatic carbocycles. The Morgan fingerprint density at radius 2 is 1.19 bits per heavy atom. The molecule has 32 heavy (non-hydrogen) atoms. The zero-order valence-corrected chi connectivity index (χ0v) is 18.0. The molecule has 0 spiro atoms. The van der Waals surface area contributed by atoms with Gasteiger partial charge >= 0.3 is 5.97 Å². The monoisotopic (exact) mass is 430 g/mol. The van der Waals surface area contributed by atoms with Crippen LogP contribution in [0, 0.1) is 0 Å². The predicted molar refractivity (Wildman–Crippen MR) is 118 cm³/mol. The second kappa shape index (κ2) is 8.30. The van der Waals surface area contributed by atoms with Crippen LogP contribution in [-0.4, -0.2) is 38.9 Å². The highest BCUT2D eigenvalue weighted by Gasteiger charge is 2.61. The summed E-state index contributed by atoms with van der Waals surface area (Å²) in [7, 11) is 4.31. The number of carbonyl (C=O) groups is 3. The van der Waals surface area contributed by atoms with Crippen LogP contribution in [0.15, 0.2) is 72.8 Å². The number of hydrogen-bond donors (Lipinski definition) is 0. The van der Waals surface area contributed by atoms with Crippen LogP contribution in [-0.2, 0) is 14.9 Å². The maximum absolute atomic E-state index is 14.0. The summed E-state index contributed by atoms with van der Waals surface area (Å²) in [5.74, 6) is -1.59. The molecule has 0 aliphatic heterocycles. The molecule has 0 saturated carbocycles. The molecule has 0 heterocycles. The minimum atomic E-state index is -1.81. The molecular formula is C26H22O6. The number of fused-ring (bicyclic) bond motifs is 1. The SMILES string of the molecule is COC(=O)C(c1ccc(OC)cc1)C1(c2ccc(OC)cc2)C(=O)c2ccccc2C1=O. The maximum Gasteiger partial charge on any atom is 0.315 e. The van der Waals surface area contributed by atoms with Crippen molar-refractivity contribution in [2.45, 2.75) is 11.3 Å². The summed E-state index contributed by atoms with van der Waals surface area (Å²) in [4.78, 5) is 41.1. The molecule has 3 aromatic rings. The summed E-state index contributed by atoms with van der Waals surface area (Å²) in [6.07, 6.45) is 0. The molecule has 1 unspecified atom stereocenters. The van der Waals surface area contributed by atoms with Crippen LogP contribution >= 0.6 is 0 Å². The van der Waals surface area contributed by atoms with Gasteiger partial charge in [0.15, 0.2) is 11.6 Å². The minimum Gasteiger partial charge on any atom is -0.497 e. The summed E-state index contributed by atoms with van der Waals surface area (Å²) in [6.45, 7) is 0. The van der Waals surface area contributed by atoms with Gasteiger partial charge in [-0.15, -0.1) is 0 Å². The highest BCUT2D eigenvalue weighted by molar-refractivity contribution is 6.35. The largest absolute Gasteiger partial charge is 0.497 e. The molecule has 0 bridgehead atoms. The highest BCUT2D eigenvalue weighted by atomic mass is 16.5. The van der Waals surface area contributed by atoms with Crippen molar-refractivity contribution >= 4 is 17.5 Å². The van der Waals surface area contributed by atoms with Crippen LogP contribution in [0.5, 0.6) is 11.5 Å². The molecule has 0 fully saturated rings. The van der Waals surface area contributed by atoms with E-state index in [1.165, 1.54) is 21.3 Å². The zero-order valence-electron chi connectivity index (χ0n) is 18.0. The summed E-state index contributed by atoms with van der Waals surface area (Å²) < 4.78 is 15.6. The molecule has 6 heteroatoms. The third kappa shape index (κ3) is 3.07. The molecule has 1 atom stereocenters. The molecule has 0 radical (unpaired) electrons. The van der Waals surface area contributed by atoms with Gasteiger partial charge in [0.25, 0.3) is 0 Å².